The molecule has 0 radical (unpaired) electrons. The fourth-order valence-corrected chi connectivity index (χ4v) is 2.48. The lowest BCUT2D eigenvalue weighted by atomic mass is 10.1. The molecule has 2 heterocycles. The first-order valence-electron chi connectivity index (χ1n) is 7.93. The van der Waals surface area contributed by atoms with Gasteiger partial charge in [-0.3, -0.25) is 4.98 Å². The first kappa shape index (κ1) is 15.9. The molecule has 0 aliphatic heterocycles. The molecule has 0 aliphatic carbocycles. The van der Waals surface area contributed by atoms with Crippen molar-refractivity contribution in [2.75, 3.05) is 10.6 Å². The Labute approximate surface area is 142 Å². The summed E-state index contributed by atoms with van der Waals surface area (Å²) in [7, 11) is 0. The molecular weight excluding hydrogens is 298 g/mol. The maximum Gasteiger partial charge on any atom is 0.229 e. The standard InChI is InChI=1S/C19H21N5/c1-13-4-5-17(14(2)10-13)23-19-22-15(3)11-18(24-19)21-12-16-6-8-20-9-7-16/h4-11H,12H2,1-3H3,(H2,21,22,23,24). The Hall–Kier alpha value is -2.95. The number of nitrogens with one attached hydrogen (secondary N) is 2. The van der Waals surface area contributed by atoms with Crippen molar-refractivity contribution in [3.05, 3.63) is 71.2 Å². The van der Waals surface area contributed by atoms with E-state index >= 15 is 0 Å². The highest BCUT2D eigenvalue weighted by Gasteiger charge is 2.05. The quantitative estimate of drug-likeness (QED) is 0.739. The van der Waals surface area contributed by atoms with Gasteiger partial charge in [-0.15, -0.1) is 0 Å². The van der Waals surface area contributed by atoms with E-state index in [1.807, 2.05) is 25.1 Å². The molecule has 0 bridgehead atoms. The van der Waals surface area contributed by atoms with E-state index in [4.69, 9.17) is 0 Å². The Morgan fingerprint density at radius 2 is 1.71 bits per heavy atom. The molecule has 5 nitrogen and oxygen atoms in total. The number of benzene rings is 1. The topological polar surface area (TPSA) is 62.7 Å². The lowest BCUT2D eigenvalue weighted by Gasteiger charge is -2.12. The summed E-state index contributed by atoms with van der Waals surface area (Å²) in [6.07, 6.45) is 3.57. The van der Waals surface area contributed by atoms with E-state index < -0.39 is 0 Å². The number of hydrogen-bond donors (Lipinski definition) is 2. The lowest BCUT2D eigenvalue weighted by Crippen LogP contribution is -2.06. The van der Waals surface area contributed by atoms with Crippen LogP contribution in [0, 0.1) is 20.8 Å². The molecular formula is C19H21N5. The number of nitrogens with zero attached hydrogens (tertiary/aromatic N) is 3. The van der Waals surface area contributed by atoms with Crippen LogP contribution >= 0.6 is 0 Å². The van der Waals surface area contributed by atoms with Gasteiger partial charge in [0.2, 0.25) is 5.95 Å². The van der Waals surface area contributed by atoms with Crippen molar-refractivity contribution in [1.82, 2.24) is 15.0 Å². The van der Waals surface area contributed by atoms with Crippen molar-refractivity contribution in [2.24, 2.45) is 0 Å². The molecule has 2 N–H and O–H groups in total. The van der Waals surface area contributed by atoms with Gasteiger partial charge < -0.3 is 10.6 Å². The average Bonchev–Trinajstić information content (AvgIpc) is 2.56. The van der Waals surface area contributed by atoms with E-state index in [0.29, 0.717) is 12.5 Å². The van der Waals surface area contributed by atoms with Gasteiger partial charge in [-0.05, 0) is 50.1 Å². The Balaban J connectivity index is 1.76. The minimum Gasteiger partial charge on any atom is -0.366 e. The smallest absolute Gasteiger partial charge is 0.229 e. The van der Waals surface area contributed by atoms with Gasteiger partial charge in [-0.2, -0.15) is 4.98 Å². The minimum absolute atomic E-state index is 0.596. The van der Waals surface area contributed by atoms with Gasteiger partial charge in [0, 0.05) is 36.4 Å². The van der Waals surface area contributed by atoms with Crippen LogP contribution in [0.15, 0.2) is 48.8 Å². The summed E-state index contributed by atoms with van der Waals surface area (Å²) in [6, 6.07) is 12.2. The van der Waals surface area contributed by atoms with Crippen LogP contribution in [0.2, 0.25) is 0 Å². The highest BCUT2D eigenvalue weighted by Crippen LogP contribution is 2.20. The third-order valence-electron chi connectivity index (χ3n) is 3.71. The van der Waals surface area contributed by atoms with Gasteiger partial charge in [-0.1, -0.05) is 17.7 Å². The molecule has 1 aromatic carbocycles. The van der Waals surface area contributed by atoms with Crippen molar-refractivity contribution in [2.45, 2.75) is 27.3 Å². The van der Waals surface area contributed by atoms with Gasteiger partial charge in [0.25, 0.3) is 0 Å². The molecule has 0 saturated heterocycles. The molecule has 0 spiro atoms. The summed E-state index contributed by atoms with van der Waals surface area (Å²) in [6.45, 7) is 6.82. The third-order valence-corrected chi connectivity index (χ3v) is 3.71. The average molecular weight is 319 g/mol. The molecule has 0 saturated carbocycles. The first-order chi connectivity index (χ1) is 11.6. The number of pyridine rings is 1. The zero-order chi connectivity index (χ0) is 16.9. The predicted molar refractivity (Wildman–Crippen MR) is 97.5 cm³/mol. The van der Waals surface area contributed by atoms with Gasteiger partial charge in [-0.25, -0.2) is 4.98 Å². The van der Waals surface area contributed by atoms with E-state index in [-0.39, 0.29) is 0 Å². The van der Waals surface area contributed by atoms with E-state index in [0.717, 1.165) is 22.8 Å². The van der Waals surface area contributed by atoms with Gasteiger partial charge >= 0.3 is 0 Å². The van der Waals surface area contributed by atoms with Crippen LogP contribution in [-0.4, -0.2) is 15.0 Å². The molecule has 0 amide bonds. The molecule has 24 heavy (non-hydrogen) atoms. The Morgan fingerprint density at radius 3 is 2.46 bits per heavy atom. The maximum atomic E-state index is 4.56. The molecule has 0 aliphatic rings. The van der Waals surface area contributed by atoms with E-state index in [2.05, 4.69) is 57.6 Å². The van der Waals surface area contributed by atoms with Gasteiger partial charge in [0.1, 0.15) is 5.82 Å². The monoisotopic (exact) mass is 319 g/mol. The van der Waals surface area contributed by atoms with Crippen LogP contribution in [0.5, 0.6) is 0 Å². The highest BCUT2D eigenvalue weighted by atomic mass is 15.1. The fourth-order valence-electron chi connectivity index (χ4n) is 2.48. The summed E-state index contributed by atoms with van der Waals surface area (Å²) in [5.74, 6) is 1.39. The van der Waals surface area contributed by atoms with Crippen molar-refractivity contribution < 1.29 is 0 Å². The zero-order valence-corrected chi connectivity index (χ0v) is 14.2. The normalized spacial score (nSPS) is 10.5. The number of hydrogen-bond acceptors (Lipinski definition) is 5. The Kier molecular flexibility index (Phi) is 4.70. The maximum absolute atomic E-state index is 4.56. The molecule has 2 aromatic heterocycles. The zero-order valence-electron chi connectivity index (χ0n) is 14.2. The predicted octanol–water partition coefficient (Wildman–Crippen LogP) is 4.15. The molecule has 3 rings (SSSR count). The van der Waals surface area contributed by atoms with E-state index in [1.54, 1.807) is 12.4 Å². The summed E-state index contributed by atoms with van der Waals surface area (Å²) >= 11 is 0. The van der Waals surface area contributed by atoms with Crippen molar-refractivity contribution in [3.8, 4) is 0 Å². The van der Waals surface area contributed by atoms with E-state index in [9.17, 15) is 0 Å². The molecule has 3 aromatic rings. The van der Waals surface area contributed by atoms with Crippen LogP contribution in [-0.2, 0) is 6.54 Å². The molecule has 0 atom stereocenters. The van der Waals surface area contributed by atoms with Crippen molar-refractivity contribution in [1.29, 1.82) is 0 Å². The molecule has 122 valence electrons. The second kappa shape index (κ2) is 7.08. The summed E-state index contributed by atoms with van der Waals surface area (Å²) in [4.78, 5) is 13.1. The number of aromatic nitrogens is 3. The van der Waals surface area contributed by atoms with Gasteiger partial charge in [0.05, 0.1) is 0 Å². The first-order valence-corrected chi connectivity index (χ1v) is 7.93. The second-order valence-electron chi connectivity index (χ2n) is 5.87. The Bertz CT molecular complexity index is 830. The van der Waals surface area contributed by atoms with Crippen molar-refractivity contribution in [3.63, 3.8) is 0 Å². The summed E-state index contributed by atoms with van der Waals surface area (Å²) in [5, 5.41) is 6.64. The molecule has 5 heteroatoms. The third kappa shape index (κ3) is 4.07. The number of anilines is 3. The molecule has 0 unspecified atom stereocenters. The van der Waals surface area contributed by atoms with Crippen LogP contribution in [0.1, 0.15) is 22.4 Å². The van der Waals surface area contributed by atoms with Crippen LogP contribution in [0.3, 0.4) is 0 Å². The lowest BCUT2D eigenvalue weighted by molar-refractivity contribution is 1.05. The Morgan fingerprint density at radius 1 is 0.917 bits per heavy atom. The van der Waals surface area contributed by atoms with Crippen molar-refractivity contribution >= 4 is 17.5 Å². The SMILES string of the molecule is Cc1ccc(Nc2nc(C)cc(NCc3ccncc3)n2)c(C)c1. The molecule has 0 fully saturated rings. The van der Waals surface area contributed by atoms with E-state index in [1.165, 1.54) is 11.1 Å². The minimum atomic E-state index is 0.596. The number of aryl methyl sites for hydroxylation is 3. The largest absolute Gasteiger partial charge is 0.366 e. The van der Waals surface area contributed by atoms with Crippen LogP contribution in [0.4, 0.5) is 17.5 Å². The van der Waals surface area contributed by atoms with Crippen LogP contribution < -0.4 is 10.6 Å². The summed E-state index contributed by atoms with van der Waals surface area (Å²) < 4.78 is 0. The number of rotatable bonds is 5. The van der Waals surface area contributed by atoms with Crippen LogP contribution in [0.25, 0.3) is 0 Å². The fraction of sp³-hybridized carbons (Fsp3) is 0.211. The summed E-state index contributed by atoms with van der Waals surface area (Å²) in [5.41, 5.74) is 5.50. The highest BCUT2D eigenvalue weighted by molar-refractivity contribution is 5.60. The second-order valence-corrected chi connectivity index (χ2v) is 5.87. The van der Waals surface area contributed by atoms with Gasteiger partial charge in [0.15, 0.2) is 0 Å².